The first-order valence-electron chi connectivity index (χ1n) is 5.21. The van der Waals surface area contributed by atoms with E-state index in [4.69, 9.17) is 10.2 Å². The Balaban J connectivity index is 2.54. The normalized spacial score (nSPS) is 15.2. The van der Waals surface area contributed by atoms with Crippen LogP contribution in [0.5, 0.6) is 0 Å². The van der Waals surface area contributed by atoms with E-state index >= 15 is 0 Å². The Labute approximate surface area is 92.7 Å². The van der Waals surface area contributed by atoms with Crippen LogP contribution in [0, 0.1) is 5.82 Å². The maximum Gasteiger partial charge on any atom is 0.138 e. The Kier molecular flexibility index (Phi) is 2.69. The number of furan rings is 1. The van der Waals surface area contributed by atoms with Crippen molar-refractivity contribution in [3.63, 3.8) is 0 Å². The van der Waals surface area contributed by atoms with E-state index in [1.165, 1.54) is 12.1 Å². The maximum absolute atomic E-state index is 13.0. The third kappa shape index (κ3) is 1.70. The predicted octanol–water partition coefficient (Wildman–Crippen LogP) is 2.13. The van der Waals surface area contributed by atoms with E-state index in [0.29, 0.717) is 23.2 Å². The third-order valence-corrected chi connectivity index (χ3v) is 2.86. The summed E-state index contributed by atoms with van der Waals surface area (Å²) < 4.78 is 18.5. The van der Waals surface area contributed by atoms with E-state index in [1.807, 2.05) is 6.92 Å². The summed E-state index contributed by atoms with van der Waals surface area (Å²) in [5, 5.41) is 10.8. The minimum absolute atomic E-state index is 0.0752. The van der Waals surface area contributed by atoms with Crippen molar-refractivity contribution in [1.82, 2.24) is 0 Å². The lowest BCUT2D eigenvalue weighted by molar-refractivity contribution is 0.0213. The molecule has 0 radical (unpaired) electrons. The molecule has 3 nitrogen and oxygen atoms in total. The smallest absolute Gasteiger partial charge is 0.138 e. The molecule has 16 heavy (non-hydrogen) atoms. The molecule has 0 aliphatic carbocycles. The van der Waals surface area contributed by atoms with Gasteiger partial charge >= 0.3 is 0 Å². The highest BCUT2D eigenvalue weighted by molar-refractivity contribution is 5.78. The Morgan fingerprint density at radius 1 is 1.44 bits per heavy atom. The number of hydrogen-bond donors (Lipinski definition) is 2. The average molecular weight is 223 g/mol. The molecule has 1 aromatic carbocycles. The highest BCUT2D eigenvalue weighted by atomic mass is 19.1. The van der Waals surface area contributed by atoms with Crippen molar-refractivity contribution in [2.45, 2.75) is 18.9 Å². The van der Waals surface area contributed by atoms with Gasteiger partial charge in [0.1, 0.15) is 22.8 Å². The predicted molar refractivity (Wildman–Crippen MR) is 59.4 cm³/mol. The molecule has 3 N–H and O–H groups in total. The molecule has 0 fully saturated rings. The topological polar surface area (TPSA) is 59.4 Å². The molecule has 1 aromatic heterocycles. The zero-order chi connectivity index (χ0) is 11.8. The largest absolute Gasteiger partial charge is 0.458 e. The second-order valence-electron chi connectivity index (χ2n) is 3.88. The summed E-state index contributed by atoms with van der Waals surface area (Å²) in [4.78, 5) is 0. The zero-order valence-corrected chi connectivity index (χ0v) is 9.03. The highest BCUT2D eigenvalue weighted by Crippen LogP contribution is 2.30. The first kappa shape index (κ1) is 11.1. The van der Waals surface area contributed by atoms with Gasteiger partial charge in [-0.15, -0.1) is 0 Å². The van der Waals surface area contributed by atoms with Gasteiger partial charge in [0, 0.05) is 11.9 Å². The SMILES string of the molecule is CCC(O)(CN)c1cc2cc(F)ccc2o1. The Morgan fingerprint density at radius 2 is 2.19 bits per heavy atom. The summed E-state index contributed by atoms with van der Waals surface area (Å²) in [6, 6.07) is 5.87. The van der Waals surface area contributed by atoms with Crippen LogP contribution in [0.2, 0.25) is 0 Å². The second-order valence-corrected chi connectivity index (χ2v) is 3.88. The fraction of sp³-hybridized carbons (Fsp3) is 0.333. The number of halogens is 1. The molecule has 0 aliphatic heterocycles. The third-order valence-electron chi connectivity index (χ3n) is 2.86. The van der Waals surface area contributed by atoms with Crippen molar-refractivity contribution in [2.75, 3.05) is 6.54 Å². The quantitative estimate of drug-likeness (QED) is 0.838. The van der Waals surface area contributed by atoms with E-state index in [1.54, 1.807) is 12.1 Å². The van der Waals surface area contributed by atoms with Crippen LogP contribution in [-0.4, -0.2) is 11.7 Å². The van der Waals surface area contributed by atoms with Gasteiger partial charge in [-0.1, -0.05) is 6.92 Å². The van der Waals surface area contributed by atoms with Gasteiger partial charge in [-0.25, -0.2) is 4.39 Å². The monoisotopic (exact) mass is 223 g/mol. The van der Waals surface area contributed by atoms with Gasteiger partial charge in [-0.3, -0.25) is 0 Å². The maximum atomic E-state index is 13.0. The van der Waals surface area contributed by atoms with Gasteiger partial charge < -0.3 is 15.3 Å². The lowest BCUT2D eigenvalue weighted by Gasteiger charge is -2.21. The van der Waals surface area contributed by atoms with Crippen molar-refractivity contribution >= 4 is 11.0 Å². The summed E-state index contributed by atoms with van der Waals surface area (Å²) in [5.41, 5.74) is 4.90. The lowest BCUT2D eigenvalue weighted by atomic mass is 9.98. The van der Waals surface area contributed by atoms with E-state index in [9.17, 15) is 9.50 Å². The van der Waals surface area contributed by atoms with Crippen LogP contribution in [0.25, 0.3) is 11.0 Å². The summed E-state index contributed by atoms with van der Waals surface area (Å²) in [5.74, 6) is 0.0609. The first-order valence-corrected chi connectivity index (χ1v) is 5.21. The molecule has 0 amide bonds. The molecule has 2 rings (SSSR count). The van der Waals surface area contributed by atoms with Crippen molar-refractivity contribution in [2.24, 2.45) is 5.73 Å². The number of aliphatic hydroxyl groups is 1. The lowest BCUT2D eigenvalue weighted by Crippen LogP contribution is -2.33. The van der Waals surface area contributed by atoms with Crippen molar-refractivity contribution < 1.29 is 13.9 Å². The summed E-state index contributed by atoms with van der Waals surface area (Å²) in [6.07, 6.45) is 0.450. The average Bonchev–Trinajstić information content (AvgIpc) is 2.71. The number of benzene rings is 1. The summed E-state index contributed by atoms with van der Waals surface area (Å²) >= 11 is 0. The molecule has 1 atom stereocenters. The Morgan fingerprint density at radius 3 is 2.81 bits per heavy atom. The molecular weight excluding hydrogens is 209 g/mol. The van der Waals surface area contributed by atoms with Gasteiger partial charge in [0.05, 0.1) is 0 Å². The molecule has 0 aliphatic rings. The highest BCUT2D eigenvalue weighted by Gasteiger charge is 2.29. The van der Waals surface area contributed by atoms with E-state index in [2.05, 4.69) is 0 Å². The van der Waals surface area contributed by atoms with Crippen LogP contribution >= 0.6 is 0 Å². The minimum Gasteiger partial charge on any atom is -0.458 e. The Bertz CT molecular complexity index is 503. The second kappa shape index (κ2) is 3.88. The number of rotatable bonds is 3. The fourth-order valence-corrected chi connectivity index (χ4v) is 1.66. The molecule has 1 unspecified atom stereocenters. The zero-order valence-electron chi connectivity index (χ0n) is 9.03. The summed E-state index contributed by atoms with van der Waals surface area (Å²) in [6.45, 7) is 1.90. The van der Waals surface area contributed by atoms with Gasteiger partial charge in [0.25, 0.3) is 0 Å². The molecule has 4 heteroatoms. The molecule has 0 saturated heterocycles. The van der Waals surface area contributed by atoms with Crippen LogP contribution < -0.4 is 5.73 Å². The molecule has 86 valence electrons. The van der Waals surface area contributed by atoms with Crippen molar-refractivity contribution in [3.8, 4) is 0 Å². The van der Waals surface area contributed by atoms with Gasteiger partial charge in [0.2, 0.25) is 0 Å². The van der Waals surface area contributed by atoms with E-state index in [-0.39, 0.29) is 12.4 Å². The van der Waals surface area contributed by atoms with Crippen LogP contribution in [0.1, 0.15) is 19.1 Å². The van der Waals surface area contributed by atoms with Crippen molar-refractivity contribution in [1.29, 1.82) is 0 Å². The summed E-state index contributed by atoms with van der Waals surface area (Å²) in [7, 11) is 0. The molecule has 0 saturated carbocycles. The van der Waals surface area contributed by atoms with Crippen LogP contribution in [0.4, 0.5) is 4.39 Å². The molecule has 2 aromatic rings. The van der Waals surface area contributed by atoms with Gasteiger partial charge in [-0.2, -0.15) is 0 Å². The molecule has 1 heterocycles. The Hall–Kier alpha value is -1.39. The molecular formula is C12H14FNO2. The van der Waals surface area contributed by atoms with Crippen molar-refractivity contribution in [3.05, 3.63) is 35.8 Å². The minimum atomic E-state index is -1.17. The molecule has 0 bridgehead atoms. The number of hydrogen-bond acceptors (Lipinski definition) is 3. The van der Waals surface area contributed by atoms with Gasteiger partial charge in [0.15, 0.2) is 0 Å². The first-order chi connectivity index (χ1) is 7.59. The number of fused-ring (bicyclic) bond motifs is 1. The molecule has 0 spiro atoms. The number of nitrogens with two attached hydrogens (primary N) is 1. The fourth-order valence-electron chi connectivity index (χ4n) is 1.66. The van der Waals surface area contributed by atoms with Crippen LogP contribution in [0.3, 0.4) is 0 Å². The standard InChI is InChI=1S/C12H14FNO2/c1-2-12(15,7-14)11-6-8-5-9(13)3-4-10(8)16-11/h3-6,15H,2,7,14H2,1H3. The van der Waals surface area contributed by atoms with E-state index in [0.717, 1.165) is 0 Å². The van der Waals surface area contributed by atoms with Gasteiger partial charge in [-0.05, 0) is 30.7 Å². The van der Waals surface area contributed by atoms with Crippen LogP contribution in [0.15, 0.2) is 28.7 Å². The van der Waals surface area contributed by atoms with E-state index < -0.39 is 5.60 Å². The van der Waals surface area contributed by atoms with Crippen LogP contribution in [-0.2, 0) is 5.60 Å².